The average Bonchev–Trinajstić information content (AvgIpc) is 2.82. The summed E-state index contributed by atoms with van der Waals surface area (Å²) in [7, 11) is 1.73. The highest BCUT2D eigenvalue weighted by atomic mass is 32.1. The quantitative estimate of drug-likeness (QED) is 0.750. The minimum atomic E-state index is 0.485. The number of thiophene rings is 1. The van der Waals surface area contributed by atoms with Crippen molar-refractivity contribution in [1.29, 1.82) is 0 Å². The Morgan fingerprint density at radius 2 is 2.18 bits per heavy atom. The van der Waals surface area contributed by atoms with E-state index in [0.29, 0.717) is 6.04 Å². The number of methoxy groups -OCH3 is 1. The van der Waals surface area contributed by atoms with Crippen LogP contribution < -0.4 is 10.1 Å². The summed E-state index contributed by atoms with van der Waals surface area (Å²) in [4.78, 5) is 1.40. The Morgan fingerprint density at radius 3 is 2.71 bits per heavy atom. The van der Waals surface area contributed by atoms with E-state index in [4.69, 9.17) is 4.74 Å². The van der Waals surface area contributed by atoms with Gasteiger partial charge >= 0.3 is 0 Å². The summed E-state index contributed by atoms with van der Waals surface area (Å²) in [6, 6.07) is 2.65. The lowest BCUT2D eigenvalue weighted by Crippen LogP contribution is -2.23. The number of nitrogens with one attached hydrogen (secondary N) is 1. The van der Waals surface area contributed by atoms with Crippen LogP contribution >= 0.6 is 11.3 Å². The molecule has 0 aliphatic carbocycles. The Hall–Kier alpha value is -0.540. The van der Waals surface area contributed by atoms with E-state index >= 15 is 0 Å². The van der Waals surface area contributed by atoms with Crippen molar-refractivity contribution in [3.8, 4) is 5.75 Å². The molecule has 2 atom stereocenters. The fourth-order valence-electron chi connectivity index (χ4n) is 1.81. The van der Waals surface area contributed by atoms with E-state index in [1.54, 1.807) is 18.4 Å². The summed E-state index contributed by atoms with van der Waals surface area (Å²) >= 11 is 1.80. The lowest BCUT2D eigenvalue weighted by atomic mass is 9.98. The first-order valence-corrected chi connectivity index (χ1v) is 7.45. The van der Waals surface area contributed by atoms with E-state index in [9.17, 15) is 0 Å². The molecule has 0 aliphatic heterocycles. The molecular weight excluding hydrogens is 230 g/mol. The molecule has 1 aromatic heterocycles. The molecule has 2 nitrogen and oxygen atoms in total. The van der Waals surface area contributed by atoms with Crippen LogP contribution in [0.3, 0.4) is 0 Å². The molecule has 98 valence electrons. The monoisotopic (exact) mass is 255 g/mol. The Kier molecular flexibility index (Phi) is 6.60. The second-order valence-electron chi connectivity index (χ2n) is 4.64. The van der Waals surface area contributed by atoms with Crippen molar-refractivity contribution in [3.05, 3.63) is 16.3 Å². The standard InChI is InChI=1S/C14H25NOS/c1-5-7-15-13(8-11(3)6-2)14-9-12(16-4)10-17-14/h9-11,13,15H,5-8H2,1-4H3. The molecule has 1 rings (SSSR count). The Bertz CT molecular complexity index is 311. The first-order chi connectivity index (χ1) is 8.21. The number of hydrogen-bond acceptors (Lipinski definition) is 3. The maximum Gasteiger partial charge on any atom is 0.129 e. The van der Waals surface area contributed by atoms with E-state index in [-0.39, 0.29) is 0 Å². The highest BCUT2D eigenvalue weighted by Crippen LogP contribution is 2.31. The predicted octanol–water partition coefficient (Wildman–Crippen LogP) is 4.23. The van der Waals surface area contributed by atoms with Crippen molar-refractivity contribution in [1.82, 2.24) is 5.32 Å². The van der Waals surface area contributed by atoms with Crippen LogP contribution in [0.4, 0.5) is 0 Å². The second kappa shape index (κ2) is 7.72. The Labute approximate surface area is 109 Å². The maximum atomic E-state index is 5.26. The summed E-state index contributed by atoms with van der Waals surface area (Å²) in [6.45, 7) is 7.88. The van der Waals surface area contributed by atoms with Gasteiger partial charge in [-0.2, -0.15) is 0 Å². The van der Waals surface area contributed by atoms with E-state index in [0.717, 1.165) is 18.2 Å². The first-order valence-electron chi connectivity index (χ1n) is 6.57. The molecule has 1 N–H and O–H groups in total. The van der Waals surface area contributed by atoms with Crippen LogP contribution in [-0.4, -0.2) is 13.7 Å². The van der Waals surface area contributed by atoms with Gasteiger partial charge in [-0.05, 0) is 31.4 Å². The summed E-state index contributed by atoms with van der Waals surface area (Å²) in [5.74, 6) is 1.75. The third-order valence-corrected chi connectivity index (χ3v) is 4.18. The molecule has 0 fully saturated rings. The van der Waals surface area contributed by atoms with Crippen LogP contribution in [0.2, 0.25) is 0 Å². The summed E-state index contributed by atoms with van der Waals surface area (Å²) < 4.78 is 5.26. The third-order valence-electron chi connectivity index (χ3n) is 3.15. The van der Waals surface area contributed by atoms with Gasteiger partial charge in [0.05, 0.1) is 7.11 Å². The lowest BCUT2D eigenvalue weighted by molar-refractivity contribution is 0.401. The van der Waals surface area contributed by atoms with Gasteiger partial charge in [0.2, 0.25) is 0 Å². The molecule has 0 bridgehead atoms. The molecule has 1 aromatic rings. The van der Waals surface area contributed by atoms with E-state index in [2.05, 4.69) is 37.5 Å². The molecule has 0 spiro atoms. The van der Waals surface area contributed by atoms with Gasteiger partial charge in [0, 0.05) is 16.3 Å². The lowest BCUT2D eigenvalue weighted by Gasteiger charge is -2.20. The van der Waals surface area contributed by atoms with Gasteiger partial charge in [-0.1, -0.05) is 27.2 Å². The Balaban J connectivity index is 2.66. The summed E-state index contributed by atoms with van der Waals surface area (Å²) in [5, 5.41) is 5.73. The molecule has 0 aliphatic rings. The highest BCUT2D eigenvalue weighted by molar-refractivity contribution is 7.10. The van der Waals surface area contributed by atoms with Gasteiger partial charge in [-0.25, -0.2) is 0 Å². The number of hydrogen-bond donors (Lipinski definition) is 1. The van der Waals surface area contributed by atoms with Gasteiger partial charge in [0.1, 0.15) is 5.75 Å². The predicted molar refractivity (Wildman–Crippen MR) is 76.0 cm³/mol. The van der Waals surface area contributed by atoms with Crippen LogP contribution in [0.25, 0.3) is 0 Å². The second-order valence-corrected chi connectivity index (χ2v) is 5.59. The molecule has 1 heterocycles. The van der Waals surface area contributed by atoms with E-state index in [1.807, 2.05) is 0 Å². The van der Waals surface area contributed by atoms with Crippen molar-refractivity contribution in [3.63, 3.8) is 0 Å². The third kappa shape index (κ3) is 4.68. The fraction of sp³-hybridized carbons (Fsp3) is 0.714. The Morgan fingerprint density at radius 1 is 1.41 bits per heavy atom. The van der Waals surface area contributed by atoms with Gasteiger partial charge in [0.25, 0.3) is 0 Å². The van der Waals surface area contributed by atoms with Crippen molar-refractivity contribution >= 4 is 11.3 Å². The van der Waals surface area contributed by atoms with Crippen LogP contribution in [0.1, 0.15) is 51.0 Å². The minimum absolute atomic E-state index is 0.485. The molecule has 2 unspecified atom stereocenters. The van der Waals surface area contributed by atoms with Gasteiger partial charge in [-0.15, -0.1) is 11.3 Å². The largest absolute Gasteiger partial charge is 0.496 e. The zero-order valence-electron chi connectivity index (χ0n) is 11.5. The zero-order valence-corrected chi connectivity index (χ0v) is 12.3. The maximum absolute atomic E-state index is 5.26. The van der Waals surface area contributed by atoms with Crippen molar-refractivity contribution in [2.45, 2.75) is 46.1 Å². The van der Waals surface area contributed by atoms with Crippen LogP contribution in [0.15, 0.2) is 11.4 Å². The topological polar surface area (TPSA) is 21.3 Å². The molecule has 0 amide bonds. The van der Waals surface area contributed by atoms with Crippen LogP contribution in [0, 0.1) is 5.92 Å². The molecular formula is C14H25NOS. The van der Waals surface area contributed by atoms with Gasteiger partial charge < -0.3 is 10.1 Å². The van der Waals surface area contributed by atoms with E-state index in [1.165, 1.54) is 24.1 Å². The van der Waals surface area contributed by atoms with E-state index < -0.39 is 0 Å². The van der Waals surface area contributed by atoms with Crippen molar-refractivity contribution in [2.24, 2.45) is 5.92 Å². The normalized spacial score (nSPS) is 14.6. The number of ether oxygens (including phenoxy) is 1. The zero-order chi connectivity index (χ0) is 12.7. The highest BCUT2D eigenvalue weighted by Gasteiger charge is 2.16. The first kappa shape index (κ1) is 14.5. The fourth-order valence-corrected chi connectivity index (χ4v) is 2.76. The van der Waals surface area contributed by atoms with Crippen LogP contribution in [-0.2, 0) is 0 Å². The van der Waals surface area contributed by atoms with Gasteiger partial charge in [-0.3, -0.25) is 0 Å². The summed E-state index contributed by atoms with van der Waals surface area (Å²) in [5.41, 5.74) is 0. The smallest absolute Gasteiger partial charge is 0.129 e. The van der Waals surface area contributed by atoms with Gasteiger partial charge in [0.15, 0.2) is 0 Å². The molecule has 0 saturated carbocycles. The van der Waals surface area contributed by atoms with Crippen LogP contribution in [0.5, 0.6) is 5.75 Å². The molecule has 17 heavy (non-hydrogen) atoms. The minimum Gasteiger partial charge on any atom is -0.496 e. The molecule has 0 saturated heterocycles. The summed E-state index contributed by atoms with van der Waals surface area (Å²) in [6.07, 6.45) is 3.63. The molecule has 0 aromatic carbocycles. The molecule has 3 heteroatoms. The van der Waals surface area contributed by atoms with Crippen molar-refractivity contribution in [2.75, 3.05) is 13.7 Å². The van der Waals surface area contributed by atoms with Crippen molar-refractivity contribution < 1.29 is 4.74 Å². The number of rotatable bonds is 8. The average molecular weight is 255 g/mol. The SMILES string of the molecule is CCCNC(CC(C)CC)c1cc(OC)cs1. The molecule has 0 radical (unpaired) electrons.